The number of rotatable bonds is 5. The van der Waals surface area contributed by atoms with Crippen LogP contribution in [0.15, 0.2) is 36.4 Å². The zero-order chi connectivity index (χ0) is 21.9. The summed E-state index contributed by atoms with van der Waals surface area (Å²) in [5.41, 5.74) is 1.60. The van der Waals surface area contributed by atoms with E-state index in [1.165, 1.54) is 19.9 Å². The molecule has 1 aromatic heterocycles. The maximum absolute atomic E-state index is 12.7. The van der Waals surface area contributed by atoms with Crippen molar-refractivity contribution in [3.8, 4) is 0 Å². The lowest BCUT2D eigenvalue weighted by atomic mass is 10.2. The van der Waals surface area contributed by atoms with Crippen molar-refractivity contribution in [1.82, 2.24) is 9.47 Å². The van der Waals surface area contributed by atoms with Gasteiger partial charge in [0.1, 0.15) is 6.54 Å². The molecule has 30 heavy (non-hydrogen) atoms. The molecule has 1 amide bonds. The van der Waals surface area contributed by atoms with Gasteiger partial charge in [0.25, 0.3) is 5.91 Å². The van der Waals surface area contributed by atoms with Crippen molar-refractivity contribution in [3.63, 3.8) is 0 Å². The van der Waals surface area contributed by atoms with E-state index in [1.807, 2.05) is 30.3 Å². The number of anilines is 1. The molecule has 3 rings (SSSR count). The van der Waals surface area contributed by atoms with Crippen LogP contribution in [0.3, 0.4) is 0 Å². The van der Waals surface area contributed by atoms with E-state index in [9.17, 15) is 22.8 Å². The van der Waals surface area contributed by atoms with Gasteiger partial charge in [-0.2, -0.15) is 13.2 Å². The summed E-state index contributed by atoms with van der Waals surface area (Å²) in [7, 11) is 0. The number of nitrogens with zero attached hydrogens (tertiary/aromatic N) is 3. The van der Waals surface area contributed by atoms with Crippen molar-refractivity contribution in [2.75, 3.05) is 37.7 Å². The van der Waals surface area contributed by atoms with Crippen LogP contribution < -0.4 is 4.90 Å². The third-order valence-electron chi connectivity index (χ3n) is 5.21. The highest BCUT2D eigenvalue weighted by molar-refractivity contribution is 5.92. The summed E-state index contributed by atoms with van der Waals surface area (Å²) in [6.07, 6.45) is -4.40. The number of esters is 1. The van der Waals surface area contributed by atoms with E-state index in [-0.39, 0.29) is 17.2 Å². The number of benzene rings is 1. The quantitative estimate of drug-likeness (QED) is 0.694. The zero-order valence-corrected chi connectivity index (χ0v) is 16.9. The van der Waals surface area contributed by atoms with Crippen molar-refractivity contribution < 1.29 is 27.5 Å². The molecule has 6 nitrogen and oxygen atoms in total. The average Bonchev–Trinajstić information content (AvgIpc) is 2.99. The molecular formula is C21H24F3N3O3. The minimum atomic E-state index is -4.40. The van der Waals surface area contributed by atoms with Gasteiger partial charge in [-0.15, -0.1) is 0 Å². The Hall–Kier alpha value is -2.97. The molecule has 1 aliphatic heterocycles. The predicted octanol–water partition coefficient (Wildman–Crippen LogP) is 3.17. The minimum Gasteiger partial charge on any atom is -0.452 e. The number of hydrogen-bond donors (Lipinski definition) is 0. The van der Waals surface area contributed by atoms with E-state index in [0.717, 1.165) is 10.3 Å². The van der Waals surface area contributed by atoms with Gasteiger partial charge in [0, 0.05) is 43.3 Å². The molecule has 0 bridgehead atoms. The zero-order valence-electron chi connectivity index (χ0n) is 16.9. The normalized spacial score (nSPS) is 14.7. The molecule has 0 atom stereocenters. The number of ether oxygens (including phenoxy) is 1. The Morgan fingerprint density at radius 3 is 2.27 bits per heavy atom. The van der Waals surface area contributed by atoms with Gasteiger partial charge < -0.3 is 19.1 Å². The minimum absolute atomic E-state index is 0.0402. The highest BCUT2D eigenvalue weighted by Crippen LogP contribution is 2.23. The number of hydrogen-bond acceptors (Lipinski definition) is 4. The fraction of sp³-hybridized carbons (Fsp3) is 0.429. The Labute approximate surface area is 172 Å². The fourth-order valence-electron chi connectivity index (χ4n) is 3.58. The average molecular weight is 423 g/mol. The van der Waals surface area contributed by atoms with Crippen LogP contribution in [0.1, 0.15) is 21.7 Å². The SMILES string of the molecule is Cc1cc(C(=O)OCC(=O)N2CCN(c3ccccc3)CC2)c(C)n1CC(F)(F)F. The highest BCUT2D eigenvalue weighted by atomic mass is 19.4. The number of aromatic nitrogens is 1. The number of piperazine rings is 1. The van der Waals surface area contributed by atoms with Crippen molar-refractivity contribution >= 4 is 17.6 Å². The van der Waals surface area contributed by atoms with Crippen molar-refractivity contribution in [1.29, 1.82) is 0 Å². The Kier molecular flexibility index (Phi) is 6.38. The largest absolute Gasteiger partial charge is 0.452 e. The van der Waals surface area contributed by atoms with Crippen LogP contribution in [0.2, 0.25) is 0 Å². The van der Waals surface area contributed by atoms with E-state index in [0.29, 0.717) is 31.9 Å². The molecule has 2 aromatic rings. The molecule has 1 aromatic carbocycles. The first kappa shape index (κ1) is 21.7. The molecule has 2 heterocycles. The van der Waals surface area contributed by atoms with Crippen molar-refractivity contribution in [3.05, 3.63) is 53.3 Å². The van der Waals surface area contributed by atoms with Gasteiger partial charge in [0.15, 0.2) is 6.61 Å². The number of carbonyl (C=O) groups excluding carboxylic acids is 2. The molecule has 1 fully saturated rings. The van der Waals surface area contributed by atoms with E-state index in [2.05, 4.69) is 4.90 Å². The second-order valence-corrected chi connectivity index (χ2v) is 7.27. The molecule has 0 saturated carbocycles. The summed E-state index contributed by atoms with van der Waals surface area (Å²) in [4.78, 5) is 28.5. The third-order valence-corrected chi connectivity index (χ3v) is 5.21. The van der Waals surface area contributed by atoms with Gasteiger partial charge in [-0.1, -0.05) is 18.2 Å². The summed E-state index contributed by atoms with van der Waals surface area (Å²) >= 11 is 0. The lowest BCUT2D eigenvalue weighted by Crippen LogP contribution is -2.49. The molecule has 0 N–H and O–H groups in total. The van der Waals surface area contributed by atoms with Crippen molar-refractivity contribution in [2.24, 2.45) is 0 Å². The van der Waals surface area contributed by atoms with Crippen LogP contribution in [0.5, 0.6) is 0 Å². The summed E-state index contributed by atoms with van der Waals surface area (Å²) in [6.45, 7) is 3.66. The highest BCUT2D eigenvalue weighted by Gasteiger charge is 2.31. The second-order valence-electron chi connectivity index (χ2n) is 7.27. The molecule has 1 aliphatic rings. The van der Waals surface area contributed by atoms with Gasteiger partial charge in [-0.25, -0.2) is 4.79 Å². The van der Waals surface area contributed by atoms with Crippen LogP contribution >= 0.6 is 0 Å². The second kappa shape index (κ2) is 8.81. The van der Waals surface area contributed by atoms with Gasteiger partial charge >= 0.3 is 12.1 Å². The summed E-state index contributed by atoms with van der Waals surface area (Å²) in [5, 5.41) is 0. The Balaban J connectivity index is 1.53. The monoisotopic (exact) mass is 423 g/mol. The van der Waals surface area contributed by atoms with Crippen LogP contribution in [-0.4, -0.2) is 60.3 Å². The van der Waals surface area contributed by atoms with Gasteiger partial charge in [0.05, 0.1) is 5.56 Å². The summed E-state index contributed by atoms with van der Waals surface area (Å²) < 4.78 is 44.3. The smallest absolute Gasteiger partial charge is 0.406 e. The van der Waals surface area contributed by atoms with E-state index in [4.69, 9.17) is 4.74 Å². The molecular weight excluding hydrogens is 399 g/mol. The molecule has 0 aliphatic carbocycles. The van der Waals surface area contributed by atoms with Crippen LogP contribution in [0.4, 0.5) is 18.9 Å². The molecule has 162 valence electrons. The number of para-hydroxylation sites is 1. The molecule has 0 spiro atoms. The number of halogens is 3. The number of aryl methyl sites for hydroxylation is 1. The topological polar surface area (TPSA) is 54.8 Å². The Morgan fingerprint density at radius 2 is 1.67 bits per heavy atom. The van der Waals surface area contributed by atoms with Gasteiger partial charge in [-0.05, 0) is 32.0 Å². The fourth-order valence-corrected chi connectivity index (χ4v) is 3.58. The lowest BCUT2D eigenvalue weighted by molar-refractivity contribution is -0.141. The molecule has 0 radical (unpaired) electrons. The number of alkyl halides is 3. The first-order valence-corrected chi connectivity index (χ1v) is 9.64. The van der Waals surface area contributed by atoms with Crippen LogP contribution in [-0.2, 0) is 16.1 Å². The van der Waals surface area contributed by atoms with Gasteiger partial charge in [-0.3, -0.25) is 4.79 Å². The summed E-state index contributed by atoms with van der Waals surface area (Å²) in [6, 6.07) is 11.2. The Morgan fingerprint density at radius 1 is 1.03 bits per heavy atom. The first-order valence-electron chi connectivity index (χ1n) is 9.64. The molecule has 0 unspecified atom stereocenters. The van der Waals surface area contributed by atoms with E-state index >= 15 is 0 Å². The maximum atomic E-state index is 12.7. The van der Waals surface area contributed by atoms with E-state index in [1.54, 1.807) is 4.90 Å². The number of amides is 1. The van der Waals surface area contributed by atoms with E-state index < -0.39 is 25.3 Å². The number of carbonyl (C=O) groups is 2. The molecule has 1 saturated heterocycles. The first-order chi connectivity index (χ1) is 14.2. The third kappa shape index (κ3) is 5.14. The van der Waals surface area contributed by atoms with Crippen molar-refractivity contribution in [2.45, 2.75) is 26.6 Å². The summed E-state index contributed by atoms with van der Waals surface area (Å²) in [5.74, 6) is -1.12. The lowest BCUT2D eigenvalue weighted by Gasteiger charge is -2.36. The standard InChI is InChI=1S/C21H24F3N3O3/c1-15-12-18(16(2)27(15)14-21(22,23)24)20(29)30-13-19(28)26-10-8-25(9-11-26)17-6-4-3-5-7-17/h3-7,12H,8-11,13-14H2,1-2H3. The van der Waals surface area contributed by atoms with Gasteiger partial charge in [0.2, 0.25) is 0 Å². The van der Waals surface area contributed by atoms with Crippen LogP contribution in [0.25, 0.3) is 0 Å². The van der Waals surface area contributed by atoms with Crippen LogP contribution in [0, 0.1) is 13.8 Å². The molecule has 9 heteroatoms. The Bertz CT molecular complexity index is 901. The predicted molar refractivity (Wildman–Crippen MR) is 105 cm³/mol. The maximum Gasteiger partial charge on any atom is 0.406 e.